The van der Waals surface area contributed by atoms with Crippen molar-refractivity contribution in [2.24, 2.45) is 0 Å². The molecule has 5 rings (SSSR count). The molecule has 1 fully saturated rings. The van der Waals surface area contributed by atoms with Gasteiger partial charge in [-0.25, -0.2) is 9.78 Å². The molecule has 0 saturated carbocycles. The van der Waals surface area contributed by atoms with Crippen molar-refractivity contribution in [3.8, 4) is 17.7 Å². The first-order valence-electron chi connectivity index (χ1n) is 13.9. The molecule has 0 spiro atoms. The number of carbonyl (C=O) groups is 1. The van der Waals surface area contributed by atoms with Gasteiger partial charge in [-0.05, 0) is 93.2 Å². The van der Waals surface area contributed by atoms with Gasteiger partial charge in [-0.3, -0.25) is 4.90 Å². The molecule has 3 aromatic rings. The van der Waals surface area contributed by atoms with Crippen molar-refractivity contribution in [2.45, 2.75) is 63.9 Å². The maximum atomic E-state index is 12.1. The first kappa shape index (κ1) is 27.9. The van der Waals surface area contributed by atoms with Crippen LogP contribution in [-0.2, 0) is 17.7 Å². The van der Waals surface area contributed by atoms with E-state index in [1.165, 1.54) is 0 Å². The van der Waals surface area contributed by atoms with Gasteiger partial charge in [-0.15, -0.1) is 11.8 Å². The highest BCUT2D eigenvalue weighted by Gasteiger charge is 2.24. The summed E-state index contributed by atoms with van der Waals surface area (Å²) in [7, 11) is 0. The lowest BCUT2D eigenvalue weighted by atomic mass is 10.0. The molecule has 0 atom stereocenters. The van der Waals surface area contributed by atoms with Crippen LogP contribution in [0.1, 0.15) is 64.5 Å². The Hall–Kier alpha value is -3.61. The minimum Gasteiger partial charge on any atom is -0.462 e. The van der Waals surface area contributed by atoms with Crippen molar-refractivity contribution in [3.63, 3.8) is 0 Å². The van der Waals surface area contributed by atoms with E-state index in [1.807, 2.05) is 45.0 Å². The highest BCUT2D eigenvalue weighted by Crippen LogP contribution is 2.40. The number of nitrogens with one attached hydrogen (secondary N) is 1. The van der Waals surface area contributed by atoms with E-state index in [0.29, 0.717) is 29.6 Å². The van der Waals surface area contributed by atoms with Crippen molar-refractivity contribution in [1.29, 1.82) is 5.26 Å². The fraction of sp³-hybridized carbons (Fsp3) is 0.419. The molecule has 8 nitrogen and oxygen atoms in total. The number of likely N-dealkylation sites (tertiary alicyclic amines) is 1. The Morgan fingerprint density at radius 2 is 1.95 bits per heavy atom. The van der Waals surface area contributed by atoms with Gasteiger partial charge < -0.3 is 14.8 Å². The summed E-state index contributed by atoms with van der Waals surface area (Å²) in [5.41, 5.74) is 5.21. The summed E-state index contributed by atoms with van der Waals surface area (Å²) < 4.78 is 11.6. The molecule has 0 amide bonds. The SMILES string of the molecule is CCOC(=O)c1cccc(CN2CCC(Nc3nc4c(c(Oc5c(C)cc(C#N)cc5C)n3)SCCC4)CC2)c1. The number of nitrogens with zero attached hydrogens (tertiary/aromatic N) is 4. The Balaban J connectivity index is 1.25. The molecular weight excluding hydrogens is 522 g/mol. The molecule has 3 heterocycles. The van der Waals surface area contributed by atoms with Gasteiger partial charge in [-0.1, -0.05) is 12.1 Å². The highest BCUT2D eigenvalue weighted by molar-refractivity contribution is 7.99. The number of hydrogen-bond donors (Lipinski definition) is 1. The minimum atomic E-state index is -0.274. The number of nitriles is 1. The average molecular weight is 558 g/mol. The Morgan fingerprint density at radius 1 is 1.18 bits per heavy atom. The number of hydrogen-bond acceptors (Lipinski definition) is 9. The quantitative estimate of drug-likeness (QED) is 0.332. The van der Waals surface area contributed by atoms with Crippen LogP contribution >= 0.6 is 11.8 Å². The van der Waals surface area contributed by atoms with Crippen LogP contribution in [0.5, 0.6) is 11.6 Å². The molecule has 2 aromatic carbocycles. The molecule has 208 valence electrons. The summed E-state index contributed by atoms with van der Waals surface area (Å²) in [4.78, 5) is 25.3. The maximum absolute atomic E-state index is 12.1. The lowest BCUT2D eigenvalue weighted by molar-refractivity contribution is 0.0526. The summed E-state index contributed by atoms with van der Waals surface area (Å²) in [6.07, 6.45) is 3.93. The van der Waals surface area contributed by atoms with Crippen molar-refractivity contribution in [2.75, 3.05) is 30.8 Å². The average Bonchev–Trinajstić information content (AvgIpc) is 2.96. The van der Waals surface area contributed by atoms with Gasteiger partial charge in [0.25, 0.3) is 0 Å². The number of aryl methyl sites for hydroxylation is 3. The van der Waals surface area contributed by atoms with E-state index in [2.05, 4.69) is 22.4 Å². The number of aromatic nitrogens is 2. The normalized spacial score (nSPS) is 15.7. The minimum absolute atomic E-state index is 0.266. The Bertz CT molecular complexity index is 1410. The third kappa shape index (κ3) is 6.57. The number of rotatable bonds is 8. The zero-order valence-corrected chi connectivity index (χ0v) is 24.1. The lowest BCUT2D eigenvalue weighted by Gasteiger charge is -2.32. The smallest absolute Gasteiger partial charge is 0.338 e. The monoisotopic (exact) mass is 557 g/mol. The molecule has 1 aromatic heterocycles. The molecule has 0 unspecified atom stereocenters. The predicted octanol–water partition coefficient (Wildman–Crippen LogP) is 6.05. The number of piperidine rings is 1. The zero-order valence-electron chi connectivity index (χ0n) is 23.3. The number of carbonyl (C=O) groups excluding carboxylic acids is 1. The van der Waals surface area contributed by atoms with Gasteiger partial charge in [0.15, 0.2) is 0 Å². The van der Waals surface area contributed by atoms with Crippen molar-refractivity contribution < 1.29 is 14.3 Å². The number of ether oxygens (including phenoxy) is 2. The van der Waals surface area contributed by atoms with Crippen LogP contribution in [0.15, 0.2) is 41.3 Å². The van der Waals surface area contributed by atoms with Gasteiger partial charge >= 0.3 is 5.97 Å². The largest absolute Gasteiger partial charge is 0.462 e. The highest BCUT2D eigenvalue weighted by atomic mass is 32.2. The fourth-order valence-corrected chi connectivity index (χ4v) is 6.31. The van der Waals surface area contributed by atoms with Crippen LogP contribution in [0.3, 0.4) is 0 Å². The molecule has 0 bridgehead atoms. The molecule has 2 aliphatic rings. The fourth-order valence-electron chi connectivity index (χ4n) is 5.30. The third-order valence-corrected chi connectivity index (χ3v) is 8.45. The molecule has 2 aliphatic heterocycles. The Labute approximate surface area is 240 Å². The van der Waals surface area contributed by atoms with Crippen LogP contribution in [0.2, 0.25) is 0 Å². The lowest BCUT2D eigenvalue weighted by Crippen LogP contribution is -2.39. The topological polar surface area (TPSA) is 100 Å². The standard InChI is InChI=1S/C31H35N5O3S/c1-4-38-30(37)24-8-5-7-22(17-24)19-36-12-10-25(11-13-36)33-31-34-26-9-6-14-40-28(26)29(35-31)39-27-20(2)15-23(18-32)16-21(27)3/h5,7-8,15-17,25H,4,6,9-14,19H2,1-3H3,(H,33,34,35). The van der Waals surface area contributed by atoms with E-state index in [1.54, 1.807) is 17.8 Å². The van der Waals surface area contributed by atoms with Gasteiger partial charge in [0, 0.05) is 25.7 Å². The molecule has 1 saturated heterocycles. The van der Waals surface area contributed by atoms with Crippen molar-refractivity contribution in [1.82, 2.24) is 14.9 Å². The summed E-state index contributed by atoms with van der Waals surface area (Å²) in [6, 6.07) is 13.9. The van der Waals surface area contributed by atoms with E-state index >= 15 is 0 Å². The third-order valence-electron chi connectivity index (χ3n) is 7.26. The van der Waals surface area contributed by atoms with Crippen LogP contribution in [0, 0.1) is 25.2 Å². The molecular formula is C31H35N5O3S. The summed E-state index contributed by atoms with van der Waals surface area (Å²) in [5.74, 6) is 2.69. The Kier molecular flexibility index (Phi) is 8.88. The van der Waals surface area contributed by atoms with Crippen LogP contribution in [0.4, 0.5) is 5.95 Å². The van der Waals surface area contributed by atoms with E-state index in [0.717, 1.165) is 84.1 Å². The van der Waals surface area contributed by atoms with E-state index < -0.39 is 0 Å². The van der Waals surface area contributed by atoms with E-state index in [9.17, 15) is 10.1 Å². The van der Waals surface area contributed by atoms with E-state index in [-0.39, 0.29) is 12.0 Å². The second-order valence-electron chi connectivity index (χ2n) is 10.3. The van der Waals surface area contributed by atoms with Crippen LogP contribution in [0.25, 0.3) is 0 Å². The van der Waals surface area contributed by atoms with Gasteiger partial charge in [0.1, 0.15) is 5.75 Å². The van der Waals surface area contributed by atoms with Gasteiger partial charge in [0.05, 0.1) is 34.4 Å². The first-order valence-corrected chi connectivity index (χ1v) is 14.9. The second-order valence-corrected chi connectivity index (χ2v) is 11.5. The summed E-state index contributed by atoms with van der Waals surface area (Å²) in [6.45, 7) is 8.80. The molecule has 40 heavy (non-hydrogen) atoms. The van der Waals surface area contributed by atoms with Gasteiger partial charge in [-0.2, -0.15) is 10.2 Å². The zero-order chi connectivity index (χ0) is 28.1. The van der Waals surface area contributed by atoms with Gasteiger partial charge in [0.2, 0.25) is 11.8 Å². The number of thioether (sulfide) groups is 1. The summed E-state index contributed by atoms with van der Waals surface area (Å²) in [5, 5.41) is 12.9. The van der Waals surface area contributed by atoms with E-state index in [4.69, 9.17) is 19.4 Å². The van der Waals surface area contributed by atoms with Crippen LogP contribution in [-0.4, -0.2) is 52.3 Å². The second kappa shape index (κ2) is 12.7. The van der Waals surface area contributed by atoms with Crippen LogP contribution < -0.4 is 10.1 Å². The number of benzene rings is 2. The summed E-state index contributed by atoms with van der Waals surface area (Å²) >= 11 is 1.75. The molecule has 0 radical (unpaired) electrons. The maximum Gasteiger partial charge on any atom is 0.338 e. The molecule has 9 heteroatoms. The number of esters is 1. The first-order chi connectivity index (χ1) is 19.4. The number of fused-ring (bicyclic) bond motifs is 1. The van der Waals surface area contributed by atoms with Crippen molar-refractivity contribution >= 4 is 23.7 Å². The number of anilines is 1. The van der Waals surface area contributed by atoms with Crippen molar-refractivity contribution in [3.05, 3.63) is 69.9 Å². The Morgan fingerprint density at radius 3 is 2.67 bits per heavy atom. The molecule has 0 aliphatic carbocycles. The molecule has 1 N–H and O–H groups in total. The predicted molar refractivity (Wildman–Crippen MR) is 156 cm³/mol.